The molecule has 15 heavy (non-hydrogen) atoms. The van der Waals surface area contributed by atoms with Crippen LogP contribution >= 0.6 is 15.9 Å². The molecule has 1 nitrogen and oxygen atoms in total. The Morgan fingerprint density at radius 2 is 2.07 bits per heavy atom. The fraction of sp³-hybridized carbons (Fsp3) is 0.231. The van der Waals surface area contributed by atoms with Crippen LogP contribution in [0.3, 0.4) is 0 Å². The summed E-state index contributed by atoms with van der Waals surface area (Å²) in [7, 11) is 0. The number of fused-ring (bicyclic) bond motifs is 1. The molecule has 1 unspecified atom stereocenters. The van der Waals surface area contributed by atoms with E-state index in [9.17, 15) is 5.11 Å². The van der Waals surface area contributed by atoms with Crippen LogP contribution in [0.4, 0.5) is 0 Å². The van der Waals surface area contributed by atoms with Crippen LogP contribution in [-0.2, 0) is 0 Å². The van der Waals surface area contributed by atoms with Crippen LogP contribution < -0.4 is 0 Å². The summed E-state index contributed by atoms with van der Waals surface area (Å²) in [4.78, 5) is 0. The highest BCUT2D eigenvalue weighted by molar-refractivity contribution is 9.10. The maximum absolute atomic E-state index is 9.19. The molecule has 1 N–H and O–H groups in total. The topological polar surface area (TPSA) is 20.2 Å². The highest BCUT2D eigenvalue weighted by Gasteiger charge is 2.07. The van der Waals surface area contributed by atoms with E-state index >= 15 is 0 Å². The van der Waals surface area contributed by atoms with Crippen molar-refractivity contribution in [2.45, 2.75) is 12.8 Å². The van der Waals surface area contributed by atoms with E-state index < -0.39 is 0 Å². The van der Waals surface area contributed by atoms with Gasteiger partial charge >= 0.3 is 0 Å². The highest BCUT2D eigenvalue weighted by Crippen LogP contribution is 2.27. The molecule has 0 saturated heterocycles. The average Bonchev–Trinajstić information content (AvgIpc) is 2.26. The molecule has 0 aromatic heterocycles. The predicted octanol–water partition coefficient (Wildman–Crippen LogP) is 3.70. The zero-order valence-corrected chi connectivity index (χ0v) is 10.2. The van der Waals surface area contributed by atoms with E-state index in [0.717, 1.165) is 4.47 Å². The molecule has 0 aliphatic heterocycles. The molecule has 0 radical (unpaired) electrons. The molecular weight excluding hydrogens is 252 g/mol. The molecule has 0 aliphatic rings. The lowest BCUT2D eigenvalue weighted by atomic mass is 9.95. The van der Waals surface area contributed by atoms with E-state index in [-0.39, 0.29) is 12.5 Å². The van der Waals surface area contributed by atoms with Gasteiger partial charge in [0, 0.05) is 17.0 Å². The lowest BCUT2D eigenvalue weighted by Crippen LogP contribution is -1.99. The van der Waals surface area contributed by atoms with Gasteiger partial charge in [0.25, 0.3) is 0 Å². The molecule has 0 spiro atoms. The normalized spacial score (nSPS) is 13.0. The van der Waals surface area contributed by atoms with Crippen LogP contribution in [0.15, 0.2) is 40.9 Å². The van der Waals surface area contributed by atoms with Gasteiger partial charge in [-0.15, -0.1) is 0 Å². The van der Waals surface area contributed by atoms with Crippen molar-refractivity contribution in [3.8, 4) is 0 Å². The van der Waals surface area contributed by atoms with Crippen LogP contribution in [-0.4, -0.2) is 11.7 Å². The Labute approximate surface area is 97.9 Å². The van der Waals surface area contributed by atoms with Gasteiger partial charge in [0.2, 0.25) is 0 Å². The number of benzene rings is 2. The summed E-state index contributed by atoms with van der Waals surface area (Å²) in [6.07, 6.45) is 0. The van der Waals surface area contributed by atoms with Crippen molar-refractivity contribution in [3.63, 3.8) is 0 Å². The van der Waals surface area contributed by atoms with Gasteiger partial charge in [-0.3, -0.25) is 0 Å². The maximum Gasteiger partial charge on any atom is 0.0497 e. The molecule has 2 aromatic carbocycles. The summed E-state index contributed by atoms with van der Waals surface area (Å²) in [5.41, 5.74) is 1.21. The van der Waals surface area contributed by atoms with E-state index in [1.807, 2.05) is 19.1 Å². The third-order valence-electron chi connectivity index (χ3n) is 2.68. The maximum atomic E-state index is 9.19. The van der Waals surface area contributed by atoms with Crippen LogP contribution in [0.2, 0.25) is 0 Å². The number of halogens is 1. The van der Waals surface area contributed by atoms with Gasteiger partial charge in [-0.2, -0.15) is 0 Å². The Morgan fingerprint density at radius 1 is 1.27 bits per heavy atom. The second kappa shape index (κ2) is 4.33. The van der Waals surface area contributed by atoms with E-state index in [4.69, 9.17) is 0 Å². The lowest BCUT2D eigenvalue weighted by Gasteiger charge is -2.11. The molecule has 2 heteroatoms. The minimum absolute atomic E-state index is 0.190. The molecule has 2 rings (SSSR count). The number of aliphatic hydroxyl groups excluding tert-OH is 1. The Bertz CT molecular complexity index is 479. The molecule has 0 bridgehead atoms. The number of hydrogen-bond donors (Lipinski definition) is 1. The van der Waals surface area contributed by atoms with Gasteiger partial charge in [0.15, 0.2) is 0 Å². The first-order valence-electron chi connectivity index (χ1n) is 5.01. The van der Waals surface area contributed by atoms with Gasteiger partial charge in [-0.25, -0.2) is 0 Å². The largest absolute Gasteiger partial charge is 0.396 e. The van der Waals surface area contributed by atoms with Crippen molar-refractivity contribution in [3.05, 3.63) is 46.4 Å². The first-order chi connectivity index (χ1) is 7.22. The van der Waals surface area contributed by atoms with Crippen molar-refractivity contribution in [2.24, 2.45) is 0 Å². The standard InChI is InChI=1S/C13H13BrO/c1-9(8-15)12-4-2-3-10-7-11(14)5-6-13(10)12/h2-7,9,15H,8H2,1H3. The van der Waals surface area contributed by atoms with Crippen molar-refractivity contribution in [1.82, 2.24) is 0 Å². The molecule has 0 heterocycles. The Hall–Kier alpha value is -0.860. The molecular formula is C13H13BrO. The van der Waals surface area contributed by atoms with Crippen molar-refractivity contribution in [2.75, 3.05) is 6.61 Å². The predicted molar refractivity (Wildman–Crippen MR) is 67.1 cm³/mol. The molecule has 0 fully saturated rings. The SMILES string of the molecule is CC(CO)c1cccc2cc(Br)ccc12. The summed E-state index contributed by atoms with van der Waals surface area (Å²) in [5, 5.41) is 11.6. The number of rotatable bonds is 2. The van der Waals surface area contributed by atoms with Crippen LogP contribution in [0, 0.1) is 0 Å². The van der Waals surface area contributed by atoms with Gasteiger partial charge in [-0.1, -0.05) is 47.1 Å². The summed E-state index contributed by atoms with van der Waals surface area (Å²) >= 11 is 3.46. The van der Waals surface area contributed by atoms with E-state index in [2.05, 4.69) is 40.2 Å². The van der Waals surface area contributed by atoms with Gasteiger partial charge in [0.1, 0.15) is 0 Å². The Morgan fingerprint density at radius 3 is 2.80 bits per heavy atom. The third kappa shape index (κ3) is 2.06. The summed E-state index contributed by atoms with van der Waals surface area (Å²) in [5.74, 6) is 0.190. The molecule has 2 aromatic rings. The minimum Gasteiger partial charge on any atom is -0.396 e. The van der Waals surface area contributed by atoms with Crippen molar-refractivity contribution < 1.29 is 5.11 Å². The van der Waals surface area contributed by atoms with Crippen LogP contribution in [0.1, 0.15) is 18.4 Å². The zero-order valence-electron chi connectivity index (χ0n) is 8.57. The average molecular weight is 265 g/mol. The fourth-order valence-corrected chi connectivity index (χ4v) is 2.19. The molecule has 0 amide bonds. The molecule has 0 saturated carbocycles. The van der Waals surface area contributed by atoms with Crippen molar-refractivity contribution in [1.29, 1.82) is 0 Å². The quantitative estimate of drug-likeness (QED) is 0.877. The summed E-state index contributed by atoms with van der Waals surface area (Å²) in [6, 6.07) is 12.4. The lowest BCUT2D eigenvalue weighted by molar-refractivity contribution is 0.273. The fourth-order valence-electron chi connectivity index (χ4n) is 1.81. The zero-order chi connectivity index (χ0) is 10.8. The second-order valence-corrected chi connectivity index (χ2v) is 4.71. The van der Waals surface area contributed by atoms with Crippen LogP contribution in [0.25, 0.3) is 10.8 Å². The van der Waals surface area contributed by atoms with Gasteiger partial charge < -0.3 is 5.11 Å². The van der Waals surface area contributed by atoms with E-state index in [1.54, 1.807) is 0 Å². The minimum atomic E-state index is 0.190. The summed E-state index contributed by atoms with van der Waals surface area (Å²) < 4.78 is 1.09. The Kier molecular flexibility index (Phi) is 3.08. The molecule has 1 atom stereocenters. The van der Waals surface area contributed by atoms with Crippen molar-refractivity contribution >= 4 is 26.7 Å². The van der Waals surface area contributed by atoms with Gasteiger partial charge in [0.05, 0.1) is 0 Å². The second-order valence-electron chi connectivity index (χ2n) is 3.80. The molecule has 78 valence electrons. The Balaban J connectivity index is 2.66. The third-order valence-corrected chi connectivity index (χ3v) is 3.17. The number of aliphatic hydroxyl groups is 1. The first-order valence-corrected chi connectivity index (χ1v) is 5.80. The smallest absolute Gasteiger partial charge is 0.0497 e. The summed E-state index contributed by atoms with van der Waals surface area (Å²) in [6.45, 7) is 2.23. The van der Waals surface area contributed by atoms with E-state index in [0.29, 0.717) is 0 Å². The number of hydrogen-bond acceptors (Lipinski definition) is 1. The van der Waals surface area contributed by atoms with Gasteiger partial charge in [-0.05, 0) is 28.5 Å². The first kappa shape index (κ1) is 10.7. The van der Waals surface area contributed by atoms with E-state index in [1.165, 1.54) is 16.3 Å². The molecule has 0 aliphatic carbocycles. The monoisotopic (exact) mass is 264 g/mol. The highest BCUT2D eigenvalue weighted by atomic mass is 79.9. The van der Waals surface area contributed by atoms with Crippen LogP contribution in [0.5, 0.6) is 0 Å².